The van der Waals surface area contributed by atoms with E-state index >= 15 is 0 Å². The Hall–Kier alpha value is -1.91. The number of rotatable bonds is 3. The van der Waals surface area contributed by atoms with Gasteiger partial charge in [0.05, 0.1) is 10.5 Å². The molecule has 0 saturated carbocycles. The Bertz CT molecular complexity index is 1200. The quantitative estimate of drug-likeness (QED) is 0.643. The molecule has 2 aromatic rings. The SMILES string of the molecule is Cl.O=S(=O)(n1c(N2CCNCC2)cc2ccccc21)C1(Cl)C=CC(Cl)=C2NON=C21. The Kier molecular flexibility index (Phi) is 5.44. The van der Waals surface area contributed by atoms with Crippen LogP contribution in [0.2, 0.25) is 0 Å². The summed E-state index contributed by atoms with van der Waals surface area (Å²) in [6, 6.07) is 9.19. The smallest absolute Gasteiger partial charge is 0.270 e. The first-order valence-corrected chi connectivity index (χ1v) is 11.2. The van der Waals surface area contributed by atoms with Crippen molar-refractivity contribution < 1.29 is 13.4 Å². The molecule has 2 N–H and O–H groups in total. The highest BCUT2D eigenvalue weighted by Gasteiger charge is 2.53. The topological polar surface area (TPSA) is 88.0 Å². The summed E-state index contributed by atoms with van der Waals surface area (Å²) in [4.78, 5) is 6.92. The number of hydroxylamine groups is 1. The van der Waals surface area contributed by atoms with Gasteiger partial charge in [-0.15, -0.1) is 12.4 Å². The van der Waals surface area contributed by atoms with Crippen molar-refractivity contribution in [3.63, 3.8) is 0 Å². The molecule has 8 nitrogen and oxygen atoms in total. The fourth-order valence-electron chi connectivity index (χ4n) is 3.77. The van der Waals surface area contributed by atoms with Crippen molar-refractivity contribution in [2.24, 2.45) is 5.16 Å². The molecule has 0 bridgehead atoms. The molecule has 0 radical (unpaired) electrons. The number of allylic oxidation sites excluding steroid dienone is 3. The van der Waals surface area contributed by atoms with E-state index in [4.69, 9.17) is 28.1 Å². The third-order valence-corrected chi connectivity index (χ3v) is 8.38. The minimum atomic E-state index is -4.21. The Balaban J connectivity index is 0.00000218. The molecule has 12 heteroatoms. The molecular formula is C18H18Cl3N5O3S. The van der Waals surface area contributed by atoms with Crippen LogP contribution in [0.15, 0.2) is 58.4 Å². The molecule has 1 unspecified atom stereocenters. The van der Waals surface area contributed by atoms with Crippen molar-refractivity contribution in [1.82, 2.24) is 14.8 Å². The molecule has 2 aliphatic heterocycles. The van der Waals surface area contributed by atoms with E-state index in [2.05, 4.69) is 16.0 Å². The van der Waals surface area contributed by atoms with Crippen molar-refractivity contribution in [3.8, 4) is 0 Å². The van der Waals surface area contributed by atoms with Crippen LogP contribution in [0.1, 0.15) is 0 Å². The van der Waals surface area contributed by atoms with Crippen LogP contribution >= 0.6 is 35.6 Å². The van der Waals surface area contributed by atoms with E-state index in [0.717, 1.165) is 18.5 Å². The Labute approximate surface area is 189 Å². The molecule has 1 aromatic carbocycles. The van der Waals surface area contributed by atoms with Gasteiger partial charge >= 0.3 is 0 Å². The van der Waals surface area contributed by atoms with Gasteiger partial charge in [0.25, 0.3) is 10.0 Å². The van der Waals surface area contributed by atoms with Crippen LogP contribution < -0.4 is 15.7 Å². The van der Waals surface area contributed by atoms with E-state index < -0.39 is 14.2 Å². The number of nitrogens with zero attached hydrogens (tertiary/aromatic N) is 3. The summed E-state index contributed by atoms with van der Waals surface area (Å²) in [7, 11) is -4.21. The number of hydrogen-bond acceptors (Lipinski definition) is 7. The molecule has 1 saturated heterocycles. The normalized spacial score (nSPS) is 23.5. The molecule has 3 aliphatic rings. The van der Waals surface area contributed by atoms with Crippen molar-refractivity contribution in [3.05, 3.63) is 53.2 Å². The van der Waals surface area contributed by atoms with Crippen LogP contribution in [0.25, 0.3) is 10.9 Å². The zero-order chi connectivity index (χ0) is 20.2. The number of alkyl halides is 1. The van der Waals surface area contributed by atoms with Crippen LogP contribution in [0, 0.1) is 0 Å². The fourth-order valence-corrected chi connectivity index (χ4v) is 6.09. The van der Waals surface area contributed by atoms with E-state index in [0.29, 0.717) is 24.4 Å². The molecule has 5 rings (SSSR count). The van der Waals surface area contributed by atoms with Gasteiger partial charge in [-0.05, 0) is 24.3 Å². The third-order valence-electron chi connectivity index (χ3n) is 5.23. The van der Waals surface area contributed by atoms with E-state index in [1.54, 1.807) is 12.1 Å². The molecule has 0 amide bonds. The van der Waals surface area contributed by atoms with Crippen molar-refractivity contribution in [2.75, 3.05) is 31.1 Å². The van der Waals surface area contributed by atoms with Gasteiger partial charge in [-0.3, -0.25) is 4.94 Å². The standard InChI is InChI=1S/C18H17Cl2N5O3S.ClH/c19-13-5-6-18(20,17-16(13)22-28-23-17)29(26,27)25-14-4-2-1-3-12(14)11-15(25)24-9-7-21-8-10-24;/h1-6,11,21-22H,7-10H2;1H. The van der Waals surface area contributed by atoms with E-state index in [9.17, 15) is 8.42 Å². The summed E-state index contributed by atoms with van der Waals surface area (Å²) in [6.07, 6.45) is 2.78. The molecular weight excluding hydrogens is 473 g/mol. The van der Waals surface area contributed by atoms with E-state index in [1.165, 1.54) is 16.1 Å². The van der Waals surface area contributed by atoms with Gasteiger partial charge < -0.3 is 10.2 Å². The van der Waals surface area contributed by atoms with E-state index in [-0.39, 0.29) is 28.8 Å². The lowest BCUT2D eigenvalue weighted by Crippen LogP contribution is -2.48. The minimum absolute atomic E-state index is 0. The summed E-state index contributed by atoms with van der Waals surface area (Å²) >= 11 is 12.9. The number of nitrogens with one attached hydrogen (secondary N) is 2. The number of hydrogen-bond donors (Lipinski definition) is 2. The van der Waals surface area contributed by atoms with Crippen LogP contribution in [0.4, 0.5) is 5.82 Å². The zero-order valence-electron chi connectivity index (χ0n) is 15.5. The molecule has 1 atom stereocenters. The lowest BCUT2D eigenvalue weighted by molar-refractivity contribution is 0.0903. The number of oxime groups is 1. The van der Waals surface area contributed by atoms with Gasteiger partial charge in [-0.25, -0.2) is 12.4 Å². The predicted molar refractivity (Wildman–Crippen MR) is 121 cm³/mol. The Morgan fingerprint density at radius 2 is 1.93 bits per heavy atom. The first-order valence-electron chi connectivity index (χ1n) is 9.03. The fraction of sp³-hybridized carbons (Fsp3) is 0.278. The second kappa shape index (κ2) is 7.65. The number of anilines is 1. The molecule has 0 spiro atoms. The van der Waals surface area contributed by atoms with Gasteiger partial charge in [0.15, 0.2) is 5.71 Å². The lowest BCUT2D eigenvalue weighted by atomic mass is 10.1. The number of fused-ring (bicyclic) bond motifs is 2. The maximum absolute atomic E-state index is 14.0. The summed E-state index contributed by atoms with van der Waals surface area (Å²) < 4.78 is 27.3. The monoisotopic (exact) mass is 489 g/mol. The number of piperazine rings is 1. The van der Waals surface area contributed by atoms with E-state index in [1.807, 2.05) is 23.1 Å². The second-order valence-electron chi connectivity index (χ2n) is 6.90. The summed E-state index contributed by atoms with van der Waals surface area (Å²) in [5.74, 6) is 0.566. The largest absolute Gasteiger partial charge is 0.355 e. The Morgan fingerprint density at radius 1 is 1.20 bits per heavy atom. The third kappa shape index (κ3) is 2.99. The van der Waals surface area contributed by atoms with Crippen LogP contribution in [0.5, 0.6) is 0 Å². The van der Waals surface area contributed by atoms with Crippen molar-refractivity contribution in [1.29, 1.82) is 0 Å². The summed E-state index contributed by atoms with van der Waals surface area (Å²) in [5, 5.41) is 8.18. The highest BCUT2D eigenvalue weighted by atomic mass is 35.5. The number of halogens is 3. The predicted octanol–water partition coefficient (Wildman–Crippen LogP) is 2.50. The van der Waals surface area contributed by atoms with Gasteiger partial charge in [-0.2, -0.15) is 5.48 Å². The van der Waals surface area contributed by atoms with Gasteiger partial charge in [0, 0.05) is 31.6 Å². The first-order chi connectivity index (χ1) is 13.9. The highest BCUT2D eigenvalue weighted by molar-refractivity contribution is 7.94. The van der Waals surface area contributed by atoms with Crippen LogP contribution in [-0.4, -0.2) is 48.5 Å². The molecule has 1 aliphatic carbocycles. The Morgan fingerprint density at radius 3 is 2.70 bits per heavy atom. The highest BCUT2D eigenvalue weighted by Crippen LogP contribution is 2.41. The average Bonchev–Trinajstić information content (AvgIpc) is 3.37. The number of aromatic nitrogens is 1. The molecule has 1 fully saturated rings. The first kappa shape index (κ1) is 21.3. The van der Waals surface area contributed by atoms with Gasteiger partial charge in [-0.1, -0.05) is 46.6 Å². The van der Waals surface area contributed by atoms with Crippen molar-refractivity contribution >= 4 is 68.1 Å². The van der Waals surface area contributed by atoms with Crippen molar-refractivity contribution in [2.45, 2.75) is 4.21 Å². The average molecular weight is 491 g/mol. The number of benzene rings is 1. The summed E-state index contributed by atoms with van der Waals surface area (Å²) in [6.45, 7) is 2.89. The minimum Gasteiger partial charge on any atom is -0.355 e. The van der Waals surface area contributed by atoms with Crippen LogP contribution in [-0.2, 0) is 15.0 Å². The summed E-state index contributed by atoms with van der Waals surface area (Å²) in [5.41, 5.74) is 3.31. The number of para-hydroxylation sites is 1. The molecule has 3 heterocycles. The zero-order valence-corrected chi connectivity index (χ0v) is 18.7. The second-order valence-corrected chi connectivity index (χ2v) is 10.1. The molecule has 30 heavy (non-hydrogen) atoms. The maximum atomic E-state index is 14.0. The lowest BCUT2D eigenvalue weighted by Gasteiger charge is -2.32. The van der Waals surface area contributed by atoms with Gasteiger partial charge in [0.2, 0.25) is 4.21 Å². The molecule has 160 valence electrons. The molecule has 1 aromatic heterocycles. The van der Waals surface area contributed by atoms with Gasteiger partial charge in [0.1, 0.15) is 11.5 Å². The maximum Gasteiger partial charge on any atom is 0.270 e. The van der Waals surface area contributed by atoms with Crippen LogP contribution in [0.3, 0.4) is 0 Å².